The highest BCUT2D eigenvalue weighted by Gasteiger charge is 2.33. The first kappa shape index (κ1) is 21.7. The monoisotopic (exact) mass is 417 g/mol. The number of methoxy groups -OCH3 is 1. The molecular formula is C22H31N3O3S. The van der Waals surface area contributed by atoms with Gasteiger partial charge in [0.1, 0.15) is 11.9 Å². The summed E-state index contributed by atoms with van der Waals surface area (Å²) in [4.78, 5) is 12.5. The van der Waals surface area contributed by atoms with Gasteiger partial charge in [0.15, 0.2) is 11.0 Å². The van der Waals surface area contributed by atoms with Crippen LogP contribution < -0.4 is 4.74 Å². The average Bonchev–Trinajstić information content (AvgIpc) is 3.06. The van der Waals surface area contributed by atoms with Crippen LogP contribution in [0.15, 0.2) is 29.4 Å². The third kappa shape index (κ3) is 5.32. The smallest absolute Gasteiger partial charge is 0.316 e. The van der Waals surface area contributed by atoms with Crippen molar-refractivity contribution < 1.29 is 14.3 Å². The van der Waals surface area contributed by atoms with E-state index >= 15 is 0 Å². The molecule has 1 aliphatic rings. The van der Waals surface area contributed by atoms with E-state index in [9.17, 15) is 4.79 Å². The Morgan fingerprint density at radius 3 is 2.62 bits per heavy atom. The van der Waals surface area contributed by atoms with Gasteiger partial charge >= 0.3 is 5.97 Å². The van der Waals surface area contributed by atoms with Crippen molar-refractivity contribution in [3.63, 3.8) is 0 Å². The molecule has 1 aliphatic carbocycles. The molecule has 0 N–H and O–H groups in total. The third-order valence-electron chi connectivity index (χ3n) is 5.75. The van der Waals surface area contributed by atoms with Crippen LogP contribution in [0.5, 0.6) is 5.75 Å². The Labute approximate surface area is 177 Å². The van der Waals surface area contributed by atoms with Crippen molar-refractivity contribution in [3.05, 3.63) is 24.3 Å². The maximum atomic E-state index is 12.5. The summed E-state index contributed by atoms with van der Waals surface area (Å²) in [5, 5.41) is 9.22. The van der Waals surface area contributed by atoms with Crippen LogP contribution in [-0.2, 0) is 16.6 Å². The predicted molar refractivity (Wildman–Crippen MR) is 115 cm³/mol. The fourth-order valence-electron chi connectivity index (χ4n) is 4.01. The Bertz CT molecular complexity index is 819. The van der Waals surface area contributed by atoms with E-state index < -0.39 is 0 Å². The summed E-state index contributed by atoms with van der Waals surface area (Å²) in [6.07, 6.45) is 3.35. The molecule has 1 aromatic heterocycles. The van der Waals surface area contributed by atoms with Crippen LogP contribution in [0, 0.1) is 17.8 Å². The predicted octanol–water partition coefficient (Wildman–Crippen LogP) is 4.59. The van der Waals surface area contributed by atoms with Crippen LogP contribution in [0.2, 0.25) is 0 Å². The van der Waals surface area contributed by atoms with E-state index in [1.54, 1.807) is 7.11 Å². The zero-order valence-corrected chi connectivity index (χ0v) is 18.7. The number of benzene rings is 1. The second-order valence-corrected chi connectivity index (χ2v) is 9.18. The van der Waals surface area contributed by atoms with Crippen LogP contribution >= 0.6 is 11.8 Å². The first-order chi connectivity index (χ1) is 13.9. The number of aromatic nitrogens is 3. The average molecular weight is 418 g/mol. The van der Waals surface area contributed by atoms with E-state index in [2.05, 4.69) is 31.0 Å². The Morgan fingerprint density at radius 2 is 1.97 bits per heavy atom. The lowest BCUT2D eigenvalue weighted by atomic mass is 9.75. The van der Waals surface area contributed by atoms with Gasteiger partial charge in [-0.25, -0.2) is 0 Å². The van der Waals surface area contributed by atoms with Gasteiger partial charge in [-0.3, -0.25) is 4.79 Å². The van der Waals surface area contributed by atoms with Crippen LogP contribution in [-0.4, -0.2) is 39.7 Å². The summed E-state index contributed by atoms with van der Waals surface area (Å²) in [7, 11) is 3.55. The lowest BCUT2D eigenvalue weighted by Crippen LogP contribution is -2.36. The molecule has 1 aromatic carbocycles. The van der Waals surface area contributed by atoms with Crippen molar-refractivity contribution in [1.29, 1.82) is 0 Å². The Hall–Kier alpha value is -2.02. The van der Waals surface area contributed by atoms with E-state index in [4.69, 9.17) is 9.47 Å². The second kappa shape index (κ2) is 9.65. The maximum Gasteiger partial charge on any atom is 0.316 e. The normalized spacial score (nSPS) is 21.9. The topological polar surface area (TPSA) is 66.2 Å². The fourth-order valence-corrected chi connectivity index (χ4v) is 4.70. The van der Waals surface area contributed by atoms with E-state index in [-0.39, 0.29) is 17.8 Å². The van der Waals surface area contributed by atoms with Gasteiger partial charge in [-0.05, 0) is 54.9 Å². The number of nitrogens with zero attached hydrogens (tertiary/aromatic N) is 3. The highest BCUT2D eigenvalue weighted by molar-refractivity contribution is 7.99. The van der Waals surface area contributed by atoms with Gasteiger partial charge in [-0.15, -0.1) is 10.2 Å². The van der Waals surface area contributed by atoms with Crippen molar-refractivity contribution in [2.45, 2.75) is 51.3 Å². The van der Waals surface area contributed by atoms with Crippen LogP contribution in [0.25, 0.3) is 11.4 Å². The lowest BCUT2D eigenvalue weighted by molar-refractivity contribution is -0.152. The summed E-state index contributed by atoms with van der Waals surface area (Å²) in [6.45, 7) is 6.68. The van der Waals surface area contributed by atoms with Crippen LogP contribution in [0.3, 0.4) is 0 Å². The Balaban J connectivity index is 1.59. The quantitative estimate of drug-likeness (QED) is 0.485. The molecule has 3 rings (SSSR count). The zero-order chi connectivity index (χ0) is 21.0. The van der Waals surface area contributed by atoms with Gasteiger partial charge in [-0.1, -0.05) is 39.0 Å². The van der Waals surface area contributed by atoms with E-state index in [0.29, 0.717) is 22.9 Å². The number of esters is 1. The lowest BCUT2D eigenvalue weighted by Gasteiger charge is -2.36. The van der Waals surface area contributed by atoms with Crippen LogP contribution in [0.1, 0.15) is 40.0 Å². The third-order valence-corrected chi connectivity index (χ3v) is 6.74. The molecule has 0 amide bonds. The first-order valence-electron chi connectivity index (χ1n) is 10.2. The zero-order valence-electron chi connectivity index (χ0n) is 17.9. The number of carbonyl (C=O) groups excluding carboxylic acids is 1. The molecule has 3 atom stereocenters. The van der Waals surface area contributed by atoms with E-state index in [1.165, 1.54) is 18.2 Å². The molecule has 1 fully saturated rings. The summed E-state index contributed by atoms with van der Waals surface area (Å²) < 4.78 is 13.0. The fraction of sp³-hybridized carbons (Fsp3) is 0.591. The minimum Gasteiger partial charge on any atom is -0.497 e. The molecule has 0 unspecified atom stereocenters. The van der Waals surface area contributed by atoms with Crippen molar-refractivity contribution in [3.8, 4) is 17.1 Å². The number of hydrogen-bond donors (Lipinski definition) is 0. The standard InChI is InChI=1S/C22H31N3O3S/c1-14(2)18-11-6-15(3)12-19(18)28-20(26)13-29-22-24-23-21(25(22)4)16-7-9-17(27-5)10-8-16/h7-10,14-15,18-19H,6,11-13H2,1-5H3/t15-,18-,19+/m0/s1. The molecular weight excluding hydrogens is 386 g/mol. The largest absolute Gasteiger partial charge is 0.497 e. The number of ether oxygens (including phenoxy) is 2. The molecule has 6 nitrogen and oxygen atoms in total. The van der Waals surface area contributed by atoms with Gasteiger partial charge in [0.25, 0.3) is 0 Å². The molecule has 0 bridgehead atoms. The van der Waals surface area contributed by atoms with Crippen LogP contribution in [0.4, 0.5) is 0 Å². The number of rotatable bonds is 7. The molecule has 1 heterocycles. The molecule has 1 saturated carbocycles. The summed E-state index contributed by atoms with van der Waals surface area (Å²) >= 11 is 1.37. The van der Waals surface area contributed by atoms with Crippen molar-refractivity contribution >= 4 is 17.7 Å². The van der Waals surface area contributed by atoms with E-state index in [0.717, 1.165) is 30.0 Å². The SMILES string of the molecule is COc1ccc(-c2nnc(SCC(=O)O[C@@H]3C[C@@H](C)CC[C@H]3C(C)C)n2C)cc1. The molecule has 0 aliphatic heterocycles. The molecule has 158 valence electrons. The number of hydrogen-bond acceptors (Lipinski definition) is 6. The molecule has 0 saturated heterocycles. The maximum absolute atomic E-state index is 12.5. The van der Waals surface area contributed by atoms with Gasteiger partial charge < -0.3 is 14.0 Å². The van der Waals surface area contributed by atoms with E-state index in [1.807, 2.05) is 35.9 Å². The van der Waals surface area contributed by atoms with Gasteiger partial charge in [0.2, 0.25) is 0 Å². The van der Waals surface area contributed by atoms with Gasteiger partial charge in [-0.2, -0.15) is 0 Å². The summed E-state index contributed by atoms with van der Waals surface area (Å²) in [6, 6.07) is 7.68. The van der Waals surface area contributed by atoms with Crippen molar-refractivity contribution in [1.82, 2.24) is 14.8 Å². The molecule has 29 heavy (non-hydrogen) atoms. The highest BCUT2D eigenvalue weighted by Crippen LogP contribution is 2.35. The van der Waals surface area contributed by atoms with Gasteiger partial charge in [0, 0.05) is 12.6 Å². The number of carbonyl (C=O) groups is 1. The minimum atomic E-state index is -0.172. The summed E-state index contributed by atoms with van der Waals surface area (Å²) in [5.74, 6) is 3.21. The minimum absolute atomic E-state index is 0.0289. The Kier molecular flexibility index (Phi) is 7.22. The molecule has 0 radical (unpaired) electrons. The number of thioether (sulfide) groups is 1. The molecule has 7 heteroatoms. The van der Waals surface area contributed by atoms with Gasteiger partial charge in [0.05, 0.1) is 12.9 Å². The first-order valence-corrected chi connectivity index (χ1v) is 11.2. The molecule has 0 spiro atoms. The van der Waals surface area contributed by atoms with Crippen molar-refractivity contribution in [2.24, 2.45) is 24.8 Å². The molecule has 2 aromatic rings. The second-order valence-electron chi connectivity index (χ2n) is 8.24. The summed E-state index contributed by atoms with van der Waals surface area (Å²) in [5.41, 5.74) is 0.950. The highest BCUT2D eigenvalue weighted by atomic mass is 32.2. The van der Waals surface area contributed by atoms with Crippen molar-refractivity contribution in [2.75, 3.05) is 12.9 Å². The Morgan fingerprint density at radius 1 is 1.24 bits per heavy atom.